The molecule has 1 rings (SSSR count). The number of hydrogen-bond donors (Lipinski definition) is 1. The minimum absolute atomic E-state index is 0.0766. The number of hydrogen-bond acceptors (Lipinski definition) is 3. The molecule has 0 heterocycles. The number of aliphatic hydroxyl groups is 1. The predicted molar refractivity (Wildman–Crippen MR) is 50.6 cm³/mol. The molecule has 1 N–H and O–H groups in total. The van der Waals surface area contributed by atoms with Crippen molar-refractivity contribution in [2.24, 2.45) is 0 Å². The van der Waals surface area contributed by atoms with Gasteiger partial charge in [0, 0.05) is 6.07 Å². The topological polar surface area (TPSA) is 38.7 Å². The fourth-order valence-corrected chi connectivity index (χ4v) is 0.982. The van der Waals surface area contributed by atoms with E-state index in [4.69, 9.17) is 9.84 Å². The van der Waals surface area contributed by atoms with Crippen molar-refractivity contribution >= 4 is 0 Å². The lowest BCUT2D eigenvalue weighted by atomic mass is 10.3. The average Bonchev–Trinajstić information content (AvgIpc) is 2.23. The third-order valence-electron chi connectivity index (χ3n) is 1.57. The van der Waals surface area contributed by atoms with Crippen LogP contribution in [0.15, 0.2) is 24.3 Å². The maximum atomic E-state index is 11.9. The number of aliphatic hydroxyl groups excluding tert-OH is 1. The number of rotatable bonds is 5. The molecule has 0 saturated heterocycles. The summed E-state index contributed by atoms with van der Waals surface area (Å²) in [5, 5.41) is 8.50. The van der Waals surface area contributed by atoms with Crippen LogP contribution in [0.2, 0.25) is 0 Å². The Morgan fingerprint density at radius 1 is 1.12 bits per heavy atom. The van der Waals surface area contributed by atoms with Gasteiger partial charge in [-0.15, -0.1) is 0 Å². The van der Waals surface area contributed by atoms with E-state index >= 15 is 0 Å². The summed E-state index contributed by atoms with van der Waals surface area (Å²) in [7, 11) is 0. The number of benzene rings is 1. The van der Waals surface area contributed by atoms with E-state index in [2.05, 4.69) is 4.74 Å². The van der Waals surface area contributed by atoms with Crippen LogP contribution in [0.1, 0.15) is 0 Å². The zero-order valence-corrected chi connectivity index (χ0v) is 8.33. The van der Waals surface area contributed by atoms with E-state index in [-0.39, 0.29) is 19.0 Å². The van der Waals surface area contributed by atoms with Crippen molar-refractivity contribution in [1.82, 2.24) is 0 Å². The largest absolute Gasteiger partial charge is 0.491 e. The van der Waals surface area contributed by atoms with E-state index in [1.807, 2.05) is 0 Å². The number of ether oxygens (including phenoxy) is 2. The van der Waals surface area contributed by atoms with Gasteiger partial charge in [0.25, 0.3) is 0 Å². The van der Waals surface area contributed by atoms with Crippen LogP contribution in [0.4, 0.5) is 13.2 Å². The fraction of sp³-hybridized carbons (Fsp3) is 0.400. The van der Waals surface area contributed by atoms with E-state index in [1.54, 1.807) is 6.07 Å². The monoisotopic (exact) mass is 236 g/mol. The van der Waals surface area contributed by atoms with E-state index in [9.17, 15) is 13.2 Å². The minimum Gasteiger partial charge on any atom is -0.491 e. The zero-order chi connectivity index (χ0) is 12.0. The highest BCUT2D eigenvalue weighted by atomic mass is 19.4. The van der Waals surface area contributed by atoms with Gasteiger partial charge in [-0.2, -0.15) is 13.2 Å². The first-order valence-electron chi connectivity index (χ1n) is 4.54. The lowest BCUT2D eigenvalue weighted by molar-refractivity contribution is -0.153. The van der Waals surface area contributed by atoms with Crippen molar-refractivity contribution in [3.8, 4) is 11.5 Å². The molecule has 1 aromatic rings. The van der Waals surface area contributed by atoms with E-state index in [0.29, 0.717) is 5.75 Å². The molecule has 0 radical (unpaired) electrons. The van der Waals surface area contributed by atoms with E-state index in [0.717, 1.165) is 0 Å². The van der Waals surface area contributed by atoms with Crippen molar-refractivity contribution in [2.75, 3.05) is 19.8 Å². The maximum Gasteiger partial charge on any atom is 0.422 e. The van der Waals surface area contributed by atoms with Crippen LogP contribution in [0, 0.1) is 0 Å². The van der Waals surface area contributed by atoms with Crippen molar-refractivity contribution in [2.45, 2.75) is 6.18 Å². The highest BCUT2D eigenvalue weighted by molar-refractivity contribution is 5.32. The standard InChI is InChI=1S/C10H11F3O3/c11-10(12,13)7-16-9-3-1-2-8(6-9)15-5-4-14/h1-3,6,14H,4-5,7H2. The normalized spacial score (nSPS) is 11.2. The Morgan fingerprint density at radius 3 is 2.31 bits per heavy atom. The third-order valence-corrected chi connectivity index (χ3v) is 1.57. The van der Waals surface area contributed by atoms with Crippen LogP contribution in [0.25, 0.3) is 0 Å². The molecular formula is C10H11F3O3. The summed E-state index contributed by atoms with van der Waals surface area (Å²) in [6, 6.07) is 5.81. The Bertz CT molecular complexity index is 325. The lowest BCUT2D eigenvalue weighted by Gasteiger charge is -2.10. The van der Waals surface area contributed by atoms with Crippen LogP contribution in [0.5, 0.6) is 11.5 Å². The molecule has 16 heavy (non-hydrogen) atoms. The molecule has 90 valence electrons. The SMILES string of the molecule is OCCOc1cccc(OCC(F)(F)F)c1. The summed E-state index contributed by atoms with van der Waals surface area (Å²) in [5.74, 6) is 0.432. The molecule has 0 aliphatic carbocycles. The van der Waals surface area contributed by atoms with Crippen LogP contribution < -0.4 is 9.47 Å². The molecule has 0 bridgehead atoms. The van der Waals surface area contributed by atoms with E-state index < -0.39 is 12.8 Å². The van der Waals surface area contributed by atoms with Gasteiger partial charge in [-0.05, 0) is 12.1 Å². The van der Waals surface area contributed by atoms with Crippen molar-refractivity contribution in [3.63, 3.8) is 0 Å². The van der Waals surface area contributed by atoms with Gasteiger partial charge in [0.2, 0.25) is 0 Å². The van der Waals surface area contributed by atoms with Gasteiger partial charge in [-0.3, -0.25) is 0 Å². The molecule has 0 aromatic heterocycles. The summed E-state index contributed by atoms with van der Waals surface area (Å²) in [4.78, 5) is 0. The van der Waals surface area contributed by atoms with Crippen molar-refractivity contribution < 1.29 is 27.8 Å². The van der Waals surface area contributed by atoms with Gasteiger partial charge in [0.05, 0.1) is 6.61 Å². The molecular weight excluding hydrogens is 225 g/mol. The summed E-state index contributed by atoms with van der Waals surface area (Å²) in [6.07, 6.45) is -4.36. The van der Waals surface area contributed by atoms with Crippen molar-refractivity contribution in [1.29, 1.82) is 0 Å². The second kappa shape index (κ2) is 5.60. The zero-order valence-electron chi connectivity index (χ0n) is 8.33. The first-order chi connectivity index (χ1) is 7.51. The van der Waals surface area contributed by atoms with Gasteiger partial charge in [-0.25, -0.2) is 0 Å². The Kier molecular flexibility index (Phi) is 4.42. The van der Waals surface area contributed by atoms with Crippen LogP contribution >= 0.6 is 0 Å². The molecule has 0 fully saturated rings. The first kappa shape index (κ1) is 12.6. The summed E-state index contributed by atoms with van der Waals surface area (Å²) >= 11 is 0. The highest BCUT2D eigenvalue weighted by Crippen LogP contribution is 2.22. The second-order valence-electron chi connectivity index (χ2n) is 2.95. The number of alkyl halides is 3. The summed E-state index contributed by atoms with van der Waals surface area (Å²) in [5.41, 5.74) is 0. The van der Waals surface area contributed by atoms with E-state index in [1.165, 1.54) is 18.2 Å². The van der Waals surface area contributed by atoms with Gasteiger partial charge in [0.15, 0.2) is 6.61 Å². The fourth-order valence-electron chi connectivity index (χ4n) is 0.982. The summed E-state index contributed by atoms with van der Waals surface area (Å²) < 4.78 is 45.1. The molecule has 0 amide bonds. The molecule has 0 aliphatic heterocycles. The van der Waals surface area contributed by atoms with Crippen LogP contribution in [0.3, 0.4) is 0 Å². The molecule has 0 unspecified atom stereocenters. The van der Waals surface area contributed by atoms with Gasteiger partial charge in [0.1, 0.15) is 18.1 Å². The first-order valence-corrected chi connectivity index (χ1v) is 4.54. The second-order valence-corrected chi connectivity index (χ2v) is 2.95. The average molecular weight is 236 g/mol. The van der Waals surface area contributed by atoms with Gasteiger partial charge < -0.3 is 14.6 Å². The predicted octanol–water partition coefficient (Wildman–Crippen LogP) is 2.00. The Morgan fingerprint density at radius 2 is 1.75 bits per heavy atom. The highest BCUT2D eigenvalue weighted by Gasteiger charge is 2.28. The molecule has 0 spiro atoms. The maximum absolute atomic E-state index is 11.9. The Labute approximate surface area is 90.4 Å². The lowest BCUT2D eigenvalue weighted by Crippen LogP contribution is -2.19. The smallest absolute Gasteiger partial charge is 0.422 e. The van der Waals surface area contributed by atoms with Gasteiger partial charge >= 0.3 is 6.18 Å². The quantitative estimate of drug-likeness (QED) is 0.849. The third kappa shape index (κ3) is 4.88. The molecule has 1 aromatic carbocycles. The number of halogens is 3. The Hall–Kier alpha value is -1.43. The van der Waals surface area contributed by atoms with Crippen LogP contribution in [-0.4, -0.2) is 31.1 Å². The van der Waals surface area contributed by atoms with Gasteiger partial charge in [-0.1, -0.05) is 6.07 Å². The van der Waals surface area contributed by atoms with Crippen LogP contribution in [-0.2, 0) is 0 Å². The minimum atomic E-state index is -4.36. The molecule has 3 nitrogen and oxygen atoms in total. The molecule has 0 aliphatic rings. The Balaban J connectivity index is 2.53. The summed E-state index contributed by atoms with van der Waals surface area (Å²) in [6.45, 7) is -1.41. The molecule has 6 heteroatoms. The molecule has 0 saturated carbocycles. The molecule has 0 atom stereocenters. The van der Waals surface area contributed by atoms with Crippen molar-refractivity contribution in [3.05, 3.63) is 24.3 Å².